The second-order valence-corrected chi connectivity index (χ2v) is 7.62. The molecule has 0 amide bonds. The van der Waals surface area contributed by atoms with E-state index in [4.69, 9.17) is 14.5 Å². The van der Waals surface area contributed by atoms with Gasteiger partial charge in [0.2, 0.25) is 0 Å². The molecule has 0 aromatic rings. The summed E-state index contributed by atoms with van der Waals surface area (Å²) in [6, 6.07) is 0. The molecule has 2 aliphatic rings. The van der Waals surface area contributed by atoms with E-state index in [0.717, 1.165) is 61.8 Å². The van der Waals surface area contributed by atoms with Crippen LogP contribution in [0.5, 0.6) is 0 Å². The van der Waals surface area contributed by atoms with E-state index >= 15 is 0 Å². The summed E-state index contributed by atoms with van der Waals surface area (Å²) in [7, 11) is 1.83. The molecule has 2 fully saturated rings. The average molecular weight is 364 g/mol. The fourth-order valence-electron chi connectivity index (χ4n) is 3.62. The van der Waals surface area contributed by atoms with E-state index in [1.165, 1.54) is 17.6 Å². The fraction of sp³-hybridized carbons (Fsp3) is 0.667. The lowest BCUT2D eigenvalue weighted by Crippen LogP contribution is -2.40. The SMILES string of the molecule is C\C=C/C(=N\C(SC)=C(/C)CC)C1(C(OC)=C2CCC2)CCOCC1. The van der Waals surface area contributed by atoms with Crippen LogP contribution in [0.15, 0.2) is 39.1 Å². The molecule has 0 unspecified atom stereocenters. The maximum Gasteiger partial charge on any atom is 0.107 e. The first-order valence-electron chi connectivity index (χ1n) is 9.42. The second kappa shape index (κ2) is 9.63. The predicted molar refractivity (Wildman–Crippen MR) is 109 cm³/mol. The van der Waals surface area contributed by atoms with Gasteiger partial charge in [-0.3, -0.25) is 0 Å². The van der Waals surface area contributed by atoms with Gasteiger partial charge < -0.3 is 9.47 Å². The minimum atomic E-state index is -0.149. The highest BCUT2D eigenvalue weighted by atomic mass is 32.2. The summed E-state index contributed by atoms with van der Waals surface area (Å²) in [4.78, 5) is 5.16. The Hall–Kier alpha value is -1.00. The number of methoxy groups -OCH3 is 1. The van der Waals surface area contributed by atoms with Gasteiger partial charge in [0.15, 0.2) is 0 Å². The van der Waals surface area contributed by atoms with Crippen LogP contribution in [0.25, 0.3) is 0 Å². The molecule has 4 heteroatoms. The molecule has 0 bridgehead atoms. The van der Waals surface area contributed by atoms with E-state index in [1.807, 2.05) is 7.11 Å². The molecule has 1 aliphatic heterocycles. The standard InChI is InChI=1S/C21H33NO2S/c1-6-9-18(22-20(25-5)16(3)7-2)21(12-14-24-15-13-21)19(23-4)17-10-8-11-17/h6,9H,7-8,10-15H2,1-5H3/b9-6-,20-16-,22-18+. The minimum Gasteiger partial charge on any atom is -0.500 e. The number of ether oxygens (including phenoxy) is 2. The summed E-state index contributed by atoms with van der Waals surface area (Å²) in [5.41, 5.74) is 3.80. The average Bonchev–Trinajstić information content (AvgIpc) is 2.61. The van der Waals surface area contributed by atoms with Crippen molar-refractivity contribution in [2.75, 3.05) is 26.6 Å². The highest BCUT2D eigenvalue weighted by molar-refractivity contribution is 8.02. The smallest absolute Gasteiger partial charge is 0.107 e. The van der Waals surface area contributed by atoms with Gasteiger partial charge >= 0.3 is 0 Å². The zero-order chi connectivity index (χ0) is 18.3. The normalized spacial score (nSPS) is 21.8. The molecule has 1 saturated heterocycles. The first-order chi connectivity index (χ1) is 12.1. The minimum absolute atomic E-state index is 0.149. The van der Waals surface area contributed by atoms with Crippen molar-refractivity contribution in [2.45, 2.75) is 59.3 Å². The molecule has 1 saturated carbocycles. The monoisotopic (exact) mass is 363 g/mol. The molecule has 1 heterocycles. The zero-order valence-corrected chi connectivity index (χ0v) is 17.3. The van der Waals surface area contributed by atoms with Gasteiger partial charge in [-0.25, -0.2) is 4.99 Å². The number of hydrogen-bond acceptors (Lipinski definition) is 4. The lowest BCUT2D eigenvalue weighted by molar-refractivity contribution is 0.0359. The molecule has 0 aromatic heterocycles. The van der Waals surface area contributed by atoms with Crippen molar-refractivity contribution in [1.29, 1.82) is 0 Å². The summed E-state index contributed by atoms with van der Waals surface area (Å²) < 4.78 is 11.7. The Kier molecular flexibility index (Phi) is 7.82. The third-order valence-corrected chi connectivity index (χ3v) is 6.22. The number of aliphatic imine (C=N–C) groups is 1. The van der Waals surface area contributed by atoms with Gasteiger partial charge in [-0.15, -0.1) is 11.8 Å². The zero-order valence-electron chi connectivity index (χ0n) is 16.5. The van der Waals surface area contributed by atoms with Gasteiger partial charge in [0, 0.05) is 13.2 Å². The number of hydrogen-bond donors (Lipinski definition) is 0. The maximum atomic E-state index is 6.01. The van der Waals surface area contributed by atoms with Gasteiger partial charge in [-0.05, 0) is 75.9 Å². The van der Waals surface area contributed by atoms with E-state index in [-0.39, 0.29) is 5.41 Å². The van der Waals surface area contributed by atoms with E-state index < -0.39 is 0 Å². The Labute approximate surface area is 157 Å². The van der Waals surface area contributed by atoms with Crippen molar-refractivity contribution in [2.24, 2.45) is 10.4 Å². The molecule has 0 N–H and O–H groups in total. The van der Waals surface area contributed by atoms with Crippen molar-refractivity contribution in [3.05, 3.63) is 34.1 Å². The molecule has 3 nitrogen and oxygen atoms in total. The van der Waals surface area contributed by atoms with Crippen LogP contribution in [0, 0.1) is 5.41 Å². The van der Waals surface area contributed by atoms with Crippen LogP contribution in [0.3, 0.4) is 0 Å². The summed E-state index contributed by atoms with van der Waals surface area (Å²) in [5.74, 6) is 1.16. The van der Waals surface area contributed by atoms with Crippen LogP contribution in [-0.2, 0) is 9.47 Å². The molecule has 0 spiro atoms. The van der Waals surface area contributed by atoms with Crippen LogP contribution < -0.4 is 0 Å². The van der Waals surface area contributed by atoms with Crippen molar-refractivity contribution in [3.63, 3.8) is 0 Å². The summed E-state index contributed by atoms with van der Waals surface area (Å²) in [6.07, 6.45) is 12.9. The lowest BCUT2D eigenvalue weighted by atomic mass is 9.70. The van der Waals surface area contributed by atoms with Crippen molar-refractivity contribution in [1.82, 2.24) is 0 Å². The molecule has 2 rings (SSSR count). The quantitative estimate of drug-likeness (QED) is 0.417. The van der Waals surface area contributed by atoms with Crippen molar-refractivity contribution >= 4 is 17.5 Å². The van der Waals surface area contributed by atoms with Crippen molar-refractivity contribution in [3.8, 4) is 0 Å². The van der Waals surface area contributed by atoms with Crippen molar-refractivity contribution < 1.29 is 9.47 Å². The summed E-state index contributed by atoms with van der Waals surface area (Å²) >= 11 is 1.74. The van der Waals surface area contributed by atoms with Gasteiger partial charge in [0.1, 0.15) is 5.76 Å². The Morgan fingerprint density at radius 2 is 2.00 bits per heavy atom. The number of thioether (sulfide) groups is 1. The third-order valence-electron chi connectivity index (χ3n) is 5.39. The van der Waals surface area contributed by atoms with Gasteiger partial charge in [-0.1, -0.05) is 13.0 Å². The van der Waals surface area contributed by atoms with Crippen LogP contribution in [0.2, 0.25) is 0 Å². The molecule has 0 atom stereocenters. The van der Waals surface area contributed by atoms with E-state index in [2.05, 4.69) is 39.2 Å². The highest BCUT2D eigenvalue weighted by Gasteiger charge is 2.43. The molecule has 1 aliphatic carbocycles. The molecule has 25 heavy (non-hydrogen) atoms. The topological polar surface area (TPSA) is 30.8 Å². The third kappa shape index (κ3) is 4.40. The molecule has 0 aromatic carbocycles. The number of rotatable bonds is 7. The second-order valence-electron chi connectivity index (χ2n) is 6.83. The first kappa shape index (κ1) is 20.3. The van der Waals surface area contributed by atoms with Crippen LogP contribution in [-0.4, -0.2) is 32.3 Å². The van der Waals surface area contributed by atoms with E-state index in [0.29, 0.717) is 0 Å². The summed E-state index contributed by atoms with van der Waals surface area (Å²) in [5, 5.41) is 1.13. The number of allylic oxidation sites excluding steroid dienone is 5. The Balaban J connectivity index is 2.60. The van der Waals surface area contributed by atoms with Crippen LogP contribution in [0.4, 0.5) is 0 Å². The highest BCUT2D eigenvalue weighted by Crippen LogP contribution is 2.46. The fourth-order valence-corrected chi connectivity index (χ4v) is 4.30. The van der Waals surface area contributed by atoms with Gasteiger partial charge in [0.25, 0.3) is 0 Å². The molecular formula is C21H33NO2S. The lowest BCUT2D eigenvalue weighted by Gasteiger charge is -2.41. The Bertz CT molecular complexity index is 575. The molecule has 140 valence electrons. The Morgan fingerprint density at radius 3 is 2.44 bits per heavy atom. The van der Waals surface area contributed by atoms with E-state index in [1.54, 1.807) is 11.8 Å². The molecule has 0 radical (unpaired) electrons. The largest absolute Gasteiger partial charge is 0.500 e. The van der Waals surface area contributed by atoms with Crippen LogP contribution >= 0.6 is 11.8 Å². The maximum absolute atomic E-state index is 6.01. The molecular weight excluding hydrogens is 330 g/mol. The van der Waals surface area contributed by atoms with E-state index in [9.17, 15) is 0 Å². The van der Waals surface area contributed by atoms with Crippen LogP contribution in [0.1, 0.15) is 59.3 Å². The first-order valence-corrected chi connectivity index (χ1v) is 10.6. The number of nitrogens with zero attached hydrogens (tertiary/aromatic N) is 1. The Morgan fingerprint density at radius 1 is 1.32 bits per heavy atom. The predicted octanol–water partition coefficient (Wildman–Crippen LogP) is 5.89. The summed E-state index contributed by atoms with van der Waals surface area (Å²) in [6.45, 7) is 7.97. The van der Waals surface area contributed by atoms with Gasteiger partial charge in [0.05, 0.1) is 23.3 Å². The van der Waals surface area contributed by atoms with Gasteiger partial charge in [-0.2, -0.15) is 0 Å².